The average Bonchev–Trinajstić information content (AvgIpc) is 2.40. The Labute approximate surface area is 107 Å². The molecular weight excluding hydrogens is 226 g/mol. The highest BCUT2D eigenvalue weighted by Gasteiger charge is 2.03. The zero-order valence-corrected chi connectivity index (χ0v) is 10.4. The molecule has 0 saturated heterocycles. The third kappa shape index (κ3) is 3.17. The number of para-hydroxylation sites is 2. The fourth-order valence-electron chi connectivity index (χ4n) is 1.62. The van der Waals surface area contributed by atoms with Gasteiger partial charge < -0.3 is 15.2 Å². The summed E-state index contributed by atoms with van der Waals surface area (Å²) in [5.74, 6) is 1.53. The quantitative estimate of drug-likeness (QED) is 0.820. The van der Waals surface area contributed by atoms with Gasteiger partial charge in [0.15, 0.2) is 11.5 Å². The van der Waals surface area contributed by atoms with Crippen LogP contribution < -0.4 is 15.2 Å². The van der Waals surface area contributed by atoms with Crippen LogP contribution in [0.3, 0.4) is 0 Å². The van der Waals surface area contributed by atoms with Crippen molar-refractivity contribution in [2.24, 2.45) is 0 Å². The van der Waals surface area contributed by atoms with E-state index in [4.69, 9.17) is 15.2 Å². The summed E-state index contributed by atoms with van der Waals surface area (Å²) < 4.78 is 11.2. The van der Waals surface area contributed by atoms with Crippen LogP contribution in [0.4, 0.5) is 5.69 Å². The van der Waals surface area contributed by atoms with Crippen molar-refractivity contribution >= 4 is 5.69 Å². The average molecular weight is 243 g/mol. The molecule has 0 fully saturated rings. The highest BCUT2D eigenvalue weighted by atomic mass is 16.5. The number of hydrogen-bond acceptors (Lipinski definition) is 3. The van der Waals surface area contributed by atoms with E-state index >= 15 is 0 Å². The van der Waals surface area contributed by atoms with Crippen molar-refractivity contribution in [3.8, 4) is 11.5 Å². The van der Waals surface area contributed by atoms with Crippen LogP contribution in [0.25, 0.3) is 0 Å². The third-order valence-corrected chi connectivity index (χ3v) is 2.52. The zero-order valence-electron chi connectivity index (χ0n) is 10.4. The first kappa shape index (κ1) is 12.3. The molecule has 94 valence electrons. The molecule has 3 nitrogen and oxygen atoms in total. The largest absolute Gasteiger partial charge is 0.490 e. The van der Waals surface area contributed by atoms with Crippen molar-refractivity contribution in [1.29, 1.82) is 0 Å². The van der Waals surface area contributed by atoms with Gasteiger partial charge in [-0.3, -0.25) is 0 Å². The summed E-state index contributed by atoms with van der Waals surface area (Å²) in [6.07, 6.45) is 0. The summed E-state index contributed by atoms with van der Waals surface area (Å²) in [6.45, 7) is 3.09. The molecule has 18 heavy (non-hydrogen) atoms. The number of nitrogens with two attached hydrogens (primary N) is 1. The summed E-state index contributed by atoms with van der Waals surface area (Å²) >= 11 is 0. The monoisotopic (exact) mass is 243 g/mol. The Morgan fingerprint density at radius 3 is 2.11 bits per heavy atom. The van der Waals surface area contributed by atoms with Crippen LogP contribution in [0.5, 0.6) is 11.5 Å². The lowest BCUT2D eigenvalue weighted by Gasteiger charge is -2.11. The van der Waals surface area contributed by atoms with Gasteiger partial charge in [-0.15, -0.1) is 0 Å². The summed E-state index contributed by atoms with van der Waals surface area (Å²) in [6, 6.07) is 15.3. The molecule has 0 heterocycles. The standard InChI is InChI=1S/C15H17NO2/c1-2-17-14-5-3-4-6-15(14)18-11-12-7-9-13(16)10-8-12/h3-10H,2,11,16H2,1H3. The molecular formula is C15H17NO2. The van der Waals surface area contributed by atoms with Gasteiger partial charge in [0.2, 0.25) is 0 Å². The Kier molecular flexibility index (Phi) is 4.07. The van der Waals surface area contributed by atoms with Crippen molar-refractivity contribution < 1.29 is 9.47 Å². The van der Waals surface area contributed by atoms with Crippen molar-refractivity contribution in [3.63, 3.8) is 0 Å². The molecule has 0 radical (unpaired) electrons. The van der Waals surface area contributed by atoms with Gasteiger partial charge in [0.1, 0.15) is 6.61 Å². The molecule has 2 N–H and O–H groups in total. The normalized spacial score (nSPS) is 10.1. The Bertz CT molecular complexity index is 494. The first-order valence-corrected chi connectivity index (χ1v) is 5.98. The van der Waals surface area contributed by atoms with E-state index in [1.807, 2.05) is 55.5 Å². The highest BCUT2D eigenvalue weighted by Crippen LogP contribution is 2.27. The van der Waals surface area contributed by atoms with E-state index < -0.39 is 0 Å². The van der Waals surface area contributed by atoms with Crippen LogP contribution >= 0.6 is 0 Å². The summed E-state index contributed by atoms with van der Waals surface area (Å²) in [4.78, 5) is 0. The maximum Gasteiger partial charge on any atom is 0.161 e. The summed E-state index contributed by atoms with van der Waals surface area (Å²) in [7, 11) is 0. The molecule has 2 aromatic carbocycles. The third-order valence-electron chi connectivity index (χ3n) is 2.52. The van der Waals surface area contributed by atoms with Crippen molar-refractivity contribution in [2.75, 3.05) is 12.3 Å². The van der Waals surface area contributed by atoms with Crippen LogP contribution in [0.1, 0.15) is 12.5 Å². The molecule has 0 spiro atoms. The second-order valence-corrected chi connectivity index (χ2v) is 3.91. The Hall–Kier alpha value is -2.16. The van der Waals surface area contributed by atoms with E-state index in [9.17, 15) is 0 Å². The van der Waals surface area contributed by atoms with E-state index in [1.165, 1.54) is 0 Å². The maximum atomic E-state index is 5.75. The lowest BCUT2D eigenvalue weighted by Crippen LogP contribution is -1.99. The van der Waals surface area contributed by atoms with Gasteiger partial charge in [0, 0.05) is 5.69 Å². The van der Waals surface area contributed by atoms with Gasteiger partial charge in [-0.2, -0.15) is 0 Å². The predicted octanol–water partition coefficient (Wildman–Crippen LogP) is 3.25. The number of anilines is 1. The Morgan fingerprint density at radius 1 is 0.889 bits per heavy atom. The van der Waals surface area contributed by atoms with E-state index in [-0.39, 0.29) is 0 Å². The molecule has 2 aromatic rings. The fraction of sp³-hybridized carbons (Fsp3) is 0.200. The minimum Gasteiger partial charge on any atom is -0.490 e. The van der Waals surface area contributed by atoms with Crippen LogP contribution in [0, 0.1) is 0 Å². The molecule has 0 bridgehead atoms. The van der Waals surface area contributed by atoms with Crippen LogP contribution in [0.15, 0.2) is 48.5 Å². The minimum absolute atomic E-state index is 0.504. The predicted molar refractivity (Wildman–Crippen MR) is 72.8 cm³/mol. The van der Waals surface area contributed by atoms with Crippen molar-refractivity contribution in [2.45, 2.75) is 13.5 Å². The molecule has 0 aliphatic heterocycles. The van der Waals surface area contributed by atoms with Gasteiger partial charge in [0.05, 0.1) is 6.61 Å². The van der Waals surface area contributed by atoms with Gasteiger partial charge >= 0.3 is 0 Å². The number of hydrogen-bond donors (Lipinski definition) is 1. The molecule has 0 amide bonds. The molecule has 0 aliphatic rings. The molecule has 3 heteroatoms. The summed E-state index contributed by atoms with van der Waals surface area (Å²) in [5, 5.41) is 0. The first-order chi connectivity index (χ1) is 8.79. The maximum absolute atomic E-state index is 5.75. The van der Waals surface area contributed by atoms with E-state index in [2.05, 4.69) is 0 Å². The number of rotatable bonds is 5. The van der Waals surface area contributed by atoms with Crippen LogP contribution in [0.2, 0.25) is 0 Å². The number of benzene rings is 2. The molecule has 0 unspecified atom stereocenters. The Balaban J connectivity index is 2.03. The van der Waals surface area contributed by atoms with Crippen LogP contribution in [-0.2, 0) is 6.61 Å². The topological polar surface area (TPSA) is 44.5 Å². The number of nitrogen functional groups attached to an aromatic ring is 1. The van der Waals surface area contributed by atoms with E-state index in [1.54, 1.807) is 0 Å². The lowest BCUT2D eigenvalue weighted by atomic mass is 10.2. The Morgan fingerprint density at radius 2 is 1.50 bits per heavy atom. The minimum atomic E-state index is 0.504. The smallest absolute Gasteiger partial charge is 0.161 e. The second-order valence-electron chi connectivity index (χ2n) is 3.91. The lowest BCUT2D eigenvalue weighted by molar-refractivity contribution is 0.269. The number of ether oxygens (including phenoxy) is 2. The first-order valence-electron chi connectivity index (χ1n) is 5.98. The molecule has 0 aliphatic carbocycles. The van der Waals surface area contributed by atoms with Gasteiger partial charge in [0.25, 0.3) is 0 Å². The van der Waals surface area contributed by atoms with Crippen molar-refractivity contribution in [3.05, 3.63) is 54.1 Å². The molecule has 0 saturated carbocycles. The second kappa shape index (κ2) is 5.96. The molecule has 2 rings (SSSR count). The van der Waals surface area contributed by atoms with E-state index in [0.29, 0.717) is 13.2 Å². The van der Waals surface area contributed by atoms with E-state index in [0.717, 1.165) is 22.7 Å². The molecule has 0 aromatic heterocycles. The molecule has 0 atom stereocenters. The van der Waals surface area contributed by atoms with Crippen molar-refractivity contribution in [1.82, 2.24) is 0 Å². The van der Waals surface area contributed by atoms with Gasteiger partial charge in [-0.1, -0.05) is 24.3 Å². The highest BCUT2D eigenvalue weighted by molar-refractivity contribution is 5.41. The SMILES string of the molecule is CCOc1ccccc1OCc1ccc(N)cc1. The zero-order chi connectivity index (χ0) is 12.8. The van der Waals surface area contributed by atoms with Gasteiger partial charge in [-0.25, -0.2) is 0 Å². The summed E-state index contributed by atoms with van der Waals surface area (Å²) in [5.41, 5.74) is 7.47. The fourth-order valence-corrected chi connectivity index (χ4v) is 1.62. The van der Waals surface area contributed by atoms with Gasteiger partial charge in [-0.05, 0) is 36.8 Å². The van der Waals surface area contributed by atoms with Crippen LogP contribution in [-0.4, -0.2) is 6.61 Å².